The maximum absolute atomic E-state index is 14.7. The molecule has 1 aromatic carbocycles. The average molecular weight is 407 g/mol. The molecule has 0 radical (unpaired) electrons. The zero-order chi connectivity index (χ0) is 20.1. The van der Waals surface area contributed by atoms with Crippen molar-refractivity contribution in [3.63, 3.8) is 0 Å². The molecular weight excluding hydrogens is 385 g/mol. The highest BCUT2D eigenvalue weighted by Crippen LogP contribution is 2.28. The normalized spacial score (nSPS) is 18.9. The fourth-order valence-corrected chi connectivity index (χ4v) is 3.03. The maximum Gasteiger partial charge on any atom is 0.414 e. The number of ether oxygens (including phenoxy) is 2. The Morgan fingerprint density at radius 3 is 3.00 bits per heavy atom. The van der Waals surface area contributed by atoms with E-state index in [0.29, 0.717) is 44.1 Å². The van der Waals surface area contributed by atoms with Gasteiger partial charge in [-0.2, -0.15) is 5.10 Å². The van der Waals surface area contributed by atoms with Crippen molar-refractivity contribution in [2.75, 3.05) is 49.6 Å². The van der Waals surface area contributed by atoms with Crippen LogP contribution in [0.4, 0.5) is 20.6 Å². The summed E-state index contributed by atoms with van der Waals surface area (Å²) in [5.41, 5.74) is 0.840. The molecule has 2 aliphatic heterocycles. The van der Waals surface area contributed by atoms with Crippen LogP contribution in [0.5, 0.6) is 0 Å². The minimum atomic E-state index is -0.526. The molecule has 0 bridgehead atoms. The molecule has 1 fully saturated rings. The zero-order valence-electron chi connectivity index (χ0n) is 15.5. The number of hydrogen-bond acceptors (Lipinski definition) is 7. The first-order valence-corrected chi connectivity index (χ1v) is 9.18. The number of anilines is 2. The van der Waals surface area contributed by atoms with Gasteiger partial charge < -0.3 is 19.7 Å². The lowest BCUT2D eigenvalue weighted by Crippen LogP contribution is -2.38. The Hall–Kier alpha value is -2.88. The van der Waals surface area contributed by atoms with Crippen molar-refractivity contribution in [3.05, 3.63) is 36.7 Å². The summed E-state index contributed by atoms with van der Waals surface area (Å²) < 4.78 is 24.8. The van der Waals surface area contributed by atoms with E-state index in [9.17, 15) is 9.18 Å². The molecule has 1 saturated heterocycles. The van der Waals surface area contributed by atoms with Gasteiger partial charge in [-0.3, -0.25) is 9.91 Å². The summed E-state index contributed by atoms with van der Waals surface area (Å²) in [4.78, 5) is 15.3. The van der Waals surface area contributed by atoms with E-state index in [1.165, 1.54) is 18.1 Å². The van der Waals surface area contributed by atoms with E-state index in [2.05, 4.69) is 17.0 Å². The van der Waals surface area contributed by atoms with Gasteiger partial charge in [-0.1, -0.05) is 6.08 Å². The Bertz CT molecular complexity index is 790. The number of cyclic esters (lactones) is 1. The van der Waals surface area contributed by atoms with Crippen molar-refractivity contribution >= 4 is 41.2 Å². The van der Waals surface area contributed by atoms with Crippen LogP contribution in [0.2, 0.25) is 0 Å². The molecule has 10 heteroatoms. The topological polar surface area (TPSA) is 69.6 Å². The van der Waals surface area contributed by atoms with Gasteiger partial charge in [0.05, 0.1) is 44.7 Å². The first-order chi connectivity index (χ1) is 13.5. The van der Waals surface area contributed by atoms with E-state index < -0.39 is 18.0 Å². The second-order valence-electron chi connectivity index (χ2n) is 6.25. The average Bonchev–Trinajstić information content (AvgIpc) is 3.07. The second-order valence-corrected chi connectivity index (χ2v) is 6.62. The summed E-state index contributed by atoms with van der Waals surface area (Å²) in [6.07, 6.45) is 2.42. The zero-order valence-corrected chi connectivity index (χ0v) is 16.3. The fraction of sp³-hybridized carbons (Fsp3) is 0.389. The lowest BCUT2D eigenvalue weighted by Gasteiger charge is -2.29. The summed E-state index contributed by atoms with van der Waals surface area (Å²) in [5, 5.41) is 9.18. The molecule has 1 atom stereocenters. The number of carbonyl (C=O) groups excluding carboxylic acids is 1. The summed E-state index contributed by atoms with van der Waals surface area (Å²) in [5.74, 6) is -0.434. The number of rotatable bonds is 6. The molecule has 0 unspecified atom stereocenters. The Kier molecular flexibility index (Phi) is 6.30. The molecule has 28 heavy (non-hydrogen) atoms. The highest BCUT2D eigenvalue weighted by molar-refractivity contribution is 7.80. The van der Waals surface area contributed by atoms with Crippen molar-refractivity contribution in [1.29, 1.82) is 0 Å². The molecule has 0 spiro atoms. The molecule has 1 N–H and O–H groups in total. The number of methoxy groups -OCH3 is 1. The van der Waals surface area contributed by atoms with E-state index in [1.807, 2.05) is 5.01 Å². The second kappa shape index (κ2) is 8.87. The minimum absolute atomic E-state index is 0.222. The standard InChI is InChI=1S/C18H22FN5O3S/c1-3-6-23-8-7-22(12-21-23)16-5-4-13(9-15(16)19)24-11-14(27-18(24)25)10-20-17(28)26-2/h3-5,9,12,14H,1,6-8,10-11H2,2H3,(H,20,28)/t14-/m0/s1. The van der Waals surface area contributed by atoms with Crippen LogP contribution in [0.15, 0.2) is 36.0 Å². The van der Waals surface area contributed by atoms with E-state index in [-0.39, 0.29) is 5.17 Å². The van der Waals surface area contributed by atoms with Crippen molar-refractivity contribution in [1.82, 2.24) is 10.3 Å². The van der Waals surface area contributed by atoms with E-state index >= 15 is 0 Å². The molecule has 0 aromatic heterocycles. The van der Waals surface area contributed by atoms with Crippen LogP contribution >= 0.6 is 12.2 Å². The molecule has 8 nitrogen and oxygen atoms in total. The summed E-state index contributed by atoms with van der Waals surface area (Å²) in [6, 6.07) is 4.66. The predicted octanol–water partition coefficient (Wildman–Crippen LogP) is 1.92. The van der Waals surface area contributed by atoms with Gasteiger partial charge in [-0.25, -0.2) is 9.18 Å². The monoisotopic (exact) mass is 407 g/mol. The predicted molar refractivity (Wildman–Crippen MR) is 109 cm³/mol. The number of nitrogens with one attached hydrogen (secondary N) is 1. The van der Waals surface area contributed by atoms with Crippen molar-refractivity contribution in [3.8, 4) is 0 Å². The number of hydrogen-bond donors (Lipinski definition) is 1. The van der Waals surface area contributed by atoms with Gasteiger partial charge in [0.1, 0.15) is 18.3 Å². The van der Waals surface area contributed by atoms with Crippen LogP contribution in [-0.2, 0) is 9.47 Å². The minimum Gasteiger partial charge on any atom is -0.474 e. The van der Waals surface area contributed by atoms with Gasteiger partial charge >= 0.3 is 6.09 Å². The fourth-order valence-electron chi connectivity index (χ4n) is 2.95. The molecule has 2 aliphatic rings. The Balaban J connectivity index is 1.66. The largest absolute Gasteiger partial charge is 0.474 e. The molecule has 3 rings (SSSR count). The van der Waals surface area contributed by atoms with Gasteiger partial charge in [-0.15, -0.1) is 6.58 Å². The van der Waals surface area contributed by atoms with Crippen molar-refractivity contribution < 1.29 is 18.7 Å². The first-order valence-electron chi connectivity index (χ1n) is 8.78. The van der Waals surface area contributed by atoms with Gasteiger partial charge in [0, 0.05) is 6.54 Å². The quantitative estimate of drug-likeness (QED) is 0.571. The highest BCUT2D eigenvalue weighted by atomic mass is 32.1. The number of nitrogens with zero attached hydrogens (tertiary/aromatic N) is 4. The van der Waals surface area contributed by atoms with Crippen LogP contribution in [0.3, 0.4) is 0 Å². The third-order valence-corrected chi connectivity index (χ3v) is 4.69. The first kappa shape index (κ1) is 19.9. The number of amides is 1. The molecular formula is C18H22FN5O3S. The molecule has 1 amide bonds. The van der Waals surface area contributed by atoms with E-state index in [4.69, 9.17) is 21.7 Å². The van der Waals surface area contributed by atoms with Crippen LogP contribution < -0.4 is 15.1 Å². The maximum atomic E-state index is 14.7. The number of halogens is 1. The molecule has 0 aliphatic carbocycles. The summed E-state index contributed by atoms with van der Waals surface area (Å²) in [6.45, 7) is 6.21. The number of carbonyl (C=O) groups is 1. The smallest absolute Gasteiger partial charge is 0.414 e. The molecule has 1 aromatic rings. The van der Waals surface area contributed by atoms with Gasteiger partial charge in [0.2, 0.25) is 0 Å². The van der Waals surface area contributed by atoms with Crippen LogP contribution in [0, 0.1) is 5.82 Å². The molecule has 150 valence electrons. The highest BCUT2D eigenvalue weighted by Gasteiger charge is 2.33. The van der Waals surface area contributed by atoms with Crippen molar-refractivity contribution in [2.24, 2.45) is 5.10 Å². The van der Waals surface area contributed by atoms with Crippen LogP contribution in [0.1, 0.15) is 0 Å². The van der Waals surface area contributed by atoms with Crippen LogP contribution in [-0.4, -0.2) is 68.6 Å². The Morgan fingerprint density at radius 1 is 1.54 bits per heavy atom. The number of thiocarbonyl (C=S) groups is 1. The van der Waals surface area contributed by atoms with Gasteiger partial charge in [0.25, 0.3) is 5.17 Å². The number of benzene rings is 1. The Morgan fingerprint density at radius 2 is 2.36 bits per heavy atom. The van der Waals surface area contributed by atoms with Crippen LogP contribution in [0.25, 0.3) is 0 Å². The summed E-state index contributed by atoms with van der Waals surface area (Å²) in [7, 11) is 1.46. The van der Waals surface area contributed by atoms with E-state index in [1.54, 1.807) is 29.4 Å². The van der Waals surface area contributed by atoms with Gasteiger partial charge in [0.15, 0.2) is 0 Å². The van der Waals surface area contributed by atoms with Gasteiger partial charge in [-0.05, 0) is 30.4 Å². The Labute approximate surface area is 168 Å². The third-order valence-electron chi connectivity index (χ3n) is 4.38. The summed E-state index contributed by atoms with van der Waals surface area (Å²) >= 11 is 4.90. The van der Waals surface area contributed by atoms with Crippen molar-refractivity contribution in [2.45, 2.75) is 6.10 Å². The van der Waals surface area contributed by atoms with E-state index in [0.717, 1.165) is 0 Å². The SMILES string of the molecule is C=CCN1CCN(c2ccc(N3C[C@H](CNC(=S)OC)OC3=O)cc2F)C=N1. The third kappa shape index (κ3) is 4.50. The number of hydrazone groups is 1. The lowest BCUT2D eigenvalue weighted by molar-refractivity contribution is 0.142. The molecule has 0 saturated carbocycles. The lowest BCUT2D eigenvalue weighted by atomic mass is 10.2. The molecule has 2 heterocycles.